The Bertz CT molecular complexity index is 772. The topological polar surface area (TPSA) is 75.9 Å². The van der Waals surface area contributed by atoms with Gasteiger partial charge in [-0.3, -0.25) is 0 Å². The largest absolute Gasteiger partial charge is 0.374 e. The molecular weight excluding hydrogens is 298 g/mol. The minimum Gasteiger partial charge on any atom is -0.374 e. The molecule has 0 bridgehead atoms. The van der Waals surface area contributed by atoms with E-state index in [9.17, 15) is 5.11 Å². The molecule has 2 aromatic heterocycles. The summed E-state index contributed by atoms with van der Waals surface area (Å²) in [5, 5.41) is 18.4. The average molecular weight is 315 g/mol. The number of benzene rings is 1. The number of nitrogens with one attached hydrogen (secondary N) is 1. The predicted octanol–water partition coefficient (Wildman–Crippen LogP) is 2.35. The average Bonchev–Trinajstić information content (AvgIpc) is 2.91. The summed E-state index contributed by atoms with van der Waals surface area (Å²) in [5.74, 6) is 0.601. The van der Waals surface area contributed by atoms with E-state index in [0.717, 1.165) is 16.6 Å². The SMILES string of the molecule is CSc1nc(NC(C)O)c2cnn(Cc3ccccc3)c2n1. The molecule has 3 aromatic rings. The molecule has 3 rings (SSSR count). The van der Waals surface area contributed by atoms with Gasteiger partial charge in [-0.15, -0.1) is 0 Å². The number of aliphatic hydroxyl groups excluding tert-OH is 1. The second kappa shape index (κ2) is 6.33. The fourth-order valence-corrected chi connectivity index (χ4v) is 2.57. The smallest absolute Gasteiger partial charge is 0.191 e. The zero-order valence-corrected chi connectivity index (χ0v) is 13.2. The van der Waals surface area contributed by atoms with Gasteiger partial charge in [0, 0.05) is 0 Å². The number of aliphatic hydroxyl groups is 1. The number of thioether (sulfide) groups is 1. The normalized spacial score (nSPS) is 12.5. The molecule has 0 aliphatic rings. The quantitative estimate of drug-likeness (QED) is 0.428. The van der Waals surface area contributed by atoms with Gasteiger partial charge in [0.15, 0.2) is 10.8 Å². The van der Waals surface area contributed by atoms with Crippen LogP contribution < -0.4 is 5.32 Å². The number of fused-ring (bicyclic) bond motifs is 1. The van der Waals surface area contributed by atoms with Gasteiger partial charge in [-0.1, -0.05) is 42.1 Å². The van der Waals surface area contributed by atoms with Crippen LogP contribution in [0.3, 0.4) is 0 Å². The lowest BCUT2D eigenvalue weighted by Gasteiger charge is -2.10. The second-order valence-corrected chi connectivity index (χ2v) is 5.68. The van der Waals surface area contributed by atoms with Gasteiger partial charge >= 0.3 is 0 Å². The summed E-state index contributed by atoms with van der Waals surface area (Å²) in [7, 11) is 0. The lowest BCUT2D eigenvalue weighted by Crippen LogP contribution is -2.15. The van der Waals surface area contributed by atoms with E-state index in [0.29, 0.717) is 17.5 Å². The fraction of sp³-hybridized carbons (Fsp3) is 0.267. The highest BCUT2D eigenvalue weighted by molar-refractivity contribution is 7.98. The molecule has 1 unspecified atom stereocenters. The lowest BCUT2D eigenvalue weighted by atomic mass is 10.2. The van der Waals surface area contributed by atoms with Crippen molar-refractivity contribution in [1.82, 2.24) is 19.7 Å². The third-order valence-corrected chi connectivity index (χ3v) is 3.73. The van der Waals surface area contributed by atoms with Crippen molar-refractivity contribution in [3.05, 3.63) is 42.1 Å². The number of hydrogen-bond acceptors (Lipinski definition) is 6. The van der Waals surface area contributed by atoms with Crippen LogP contribution in [0, 0.1) is 0 Å². The van der Waals surface area contributed by atoms with Gasteiger partial charge in [-0.2, -0.15) is 5.10 Å². The first-order valence-corrected chi connectivity index (χ1v) is 8.16. The van der Waals surface area contributed by atoms with E-state index in [1.807, 2.05) is 29.1 Å². The monoisotopic (exact) mass is 315 g/mol. The highest BCUT2D eigenvalue weighted by Gasteiger charge is 2.13. The second-order valence-electron chi connectivity index (χ2n) is 4.90. The van der Waals surface area contributed by atoms with Crippen molar-refractivity contribution >= 4 is 28.6 Å². The van der Waals surface area contributed by atoms with Crippen LogP contribution in [-0.4, -0.2) is 37.3 Å². The van der Waals surface area contributed by atoms with Gasteiger partial charge in [-0.05, 0) is 18.7 Å². The van der Waals surface area contributed by atoms with Crippen molar-refractivity contribution in [2.45, 2.75) is 24.9 Å². The molecule has 0 saturated carbocycles. The molecule has 0 radical (unpaired) electrons. The molecule has 0 spiro atoms. The van der Waals surface area contributed by atoms with E-state index in [4.69, 9.17) is 0 Å². The molecule has 0 aliphatic heterocycles. The Morgan fingerprint density at radius 1 is 1.27 bits per heavy atom. The fourth-order valence-electron chi connectivity index (χ4n) is 2.21. The summed E-state index contributed by atoms with van der Waals surface area (Å²) in [6.07, 6.45) is 2.96. The number of nitrogens with zero attached hydrogens (tertiary/aromatic N) is 4. The summed E-state index contributed by atoms with van der Waals surface area (Å²) in [5.41, 5.74) is 1.91. The summed E-state index contributed by atoms with van der Waals surface area (Å²) in [4.78, 5) is 8.96. The Labute approximate surface area is 132 Å². The highest BCUT2D eigenvalue weighted by atomic mass is 32.2. The molecule has 0 amide bonds. The molecule has 114 valence electrons. The van der Waals surface area contributed by atoms with Crippen LogP contribution in [0.5, 0.6) is 0 Å². The number of hydrogen-bond donors (Lipinski definition) is 2. The molecule has 6 nitrogen and oxygen atoms in total. The zero-order chi connectivity index (χ0) is 15.5. The number of anilines is 1. The van der Waals surface area contributed by atoms with Crippen molar-refractivity contribution < 1.29 is 5.11 Å². The van der Waals surface area contributed by atoms with E-state index in [-0.39, 0.29) is 0 Å². The third kappa shape index (κ3) is 3.05. The third-order valence-electron chi connectivity index (χ3n) is 3.18. The molecule has 2 heterocycles. The van der Waals surface area contributed by atoms with E-state index in [1.165, 1.54) is 11.8 Å². The van der Waals surface area contributed by atoms with Crippen molar-refractivity contribution in [1.29, 1.82) is 0 Å². The predicted molar refractivity (Wildman–Crippen MR) is 88.0 cm³/mol. The Kier molecular flexibility index (Phi) is 4.26. The van der Waals surface area contributed by atoms with Crippen LogP contribution in [0.15, 0.2) is 41.7 Å². The molecule has 0 fully saturated rings. The first-order chi connectivity index (χ1) is 10.7. The van der Waals surface area contributed by atoms with Gasteiger partial charge in [0.05, 0.1) is 18.1 Å². The van der Waals surface area contributed by atoms with Gasteiger partial charge in [0.1, 0.15) is 12.0 Å². The van der Waals surface area contributed by atoms with E-state index < -0.39 is 6.23 Å². The minimum atomic E-state index is -0.690. The maximum absolute atomic E-state index is 9.57. The van der Waals surface area contributed by atoms with Crippen LogP contribution in [0.25, 0.3) is 11.0 Å². The molecule has 0 aliphatic carbocycles. The Hall–Kier alpha value is -2.12. The van der Waals surface area contributed by atoms with E-state index >= 15 is 0 Å². The molecule has 2 N–H and O–H groups in total. The maximum atomic E-state index is 9.57. The van der Waals surface area contributed by atoms with Crippen LogP contribution in [0.4, 0.5) is 5.82 Å². The van der Waals surface area contributed by atoms with E-state index in [2.05, 4.69) is 32.5 Å². The minimum absolute atomic E-state index is 0.601. The van der Waals surface area contributed by atoms with Gasteiger partial charge in [0.25, 0.3) is 0 Å². The van der Waals surface area contributed by atoms with Gasteiger partial charge in [-0.25, -0.2) is 14.6 Å². The van der Waals surface area contributed by atoms with Gasteiger partial charge in [0.2, 0.25) is 0 Å². The number of aromatic nitrogens is 4. The zero-order valence-electron chi connectivity index (χ0n) is 12.4. The summed E-state index contributed by atoms with van der Waals surface area (Å²) in [6.45, 7) is 2.30. The van der Waals surface area contributed by atoms with Crippen molar-refractivity contribution in [3.63, 3.8) is 0 Å². The van der Waals surface area contributed by atoms with Crippen LogP contribution >= 0.6 is 11.8 Å². The maximum Gasteiger partial charge on any atom is 0.191 e. The van der Waals surface area contributed by atoms with Crippen molar-refractivity contribution in [2.75, 3.05) is 11.6 Å². The summed E-state index contributed by atoms with van der Waals surface area (Å²) in [6, 6.07) is 10.1. The summed E-state index contributed by atoms with van der Waals surface area (Å²) >= 11 is 1.46. The lowest BCUT2D eigenvalue weighted by molar-refractivity contribution is 0.224. The van der Waals surface area contributed by atoms with Crippen LogP contribution in [0.2, 0.25) is 0 Å². The van der Waals surface area contributed by atoms with Crippen LogP contribution in [0.1, 0.15) is 12.5 Å². The number of rotatable bonds is 5. The molecule has 0 saturated heterocycles. The van der Waals surface area contributed by atoms with Crippen LogP contribution in [-0.2, 0) is 6.54 Å². The Balaban J connectivity index is 2.05. The molecule has 7 heteroatoms. The summed E-state index contributed by atoms with van der Waals surface area (Å²) < 4.78 is 1.85. The van der Waals surface area contributed by atoms with Gasteiger partial charge < -0.3 is 10.4 Å². The van der Waals surface area contributed by atoms with Crippen molar-refractivity contribution in [2.24, 2.45) is 0 Å². The van der Waals surface area contributed by atoms with Crippen molar-refractivity contribution in [3.8, 4) is 0 Å². The highest BCUT2D eigenvalue weighted by Crippen LogP contribution is 2.24. The molecular formula is C15H17N5OS. The first-order valence-electron chi connectivity index (χ1n) is 6.93. The Morgan fingerprint density at radius 3 is 2.73 bits per heavy atom. The first kappa shape index (κ1) is 14.8. The molecule has 1 atom stereocenters. The van der Waals surface area contributed by atoms with E-state index in [1.54, 1.807) is 13.1 Å². The standard InChI is InChI=1S/C15H17N5OS/c1-10(21)17-13-12-8-16-20(9-11-6-4-3-5-7-11)14(12)19-15(18-13)22-2/h3-8,10,21H,9H2,1-2H3,(H,17,18,19). The molecule has 22 heavy (non-hydrogen) atoms. The Morgan fingerprint density at radius 2 is 2.05 bits per heavy atom. The molecule has 1 aromatic carbocycles.